The van der Waals surface area contributed by atoms with Gasteiger partial charge in [0.1, 0.15) is 12.4 Å². The fraction of sp³-hybridized carbons (Fsp3) is 0.727. The number of nitrogens with one attached hydrogen (secondary N) is 1. The van der Waals surface area contributed by atoms with E-state index in [1.165, 1.54) is 19.3 Å². The maximum Gasteiger partial charge on any atom is 0.241 e. The van der Waals surface area contributed by atoms with Gasteiger partial charge in [0.15, 0.2) is 0 Å². The molecule has 0 aromatic carbocycles. The lowest BCUT2D eigenvalue weighted by molar-refractivity contribution is -0.696. The highest BCUT2D eigenvalue weighted by Crippen LogP contribution is 2.25. The van der Waals surface area contributed by atoms with Crippen molar-refractivity contribution < 1.29 is 4.57 Å². The Morgan fingerprint density at radius 1 is 1.38 bits per heavy atom. The van der Waals surface area contributed by atoms with Crippen molar-refractivity contribution in [2.24, 2.45) is 5.41 Å². The molecular formula is C11H21N2+. The van der Waals surface area contributed by atoms with E-state index in [-0.39, 0.29) is 0 Å². The number of hydrogen-bond donors (Lipinski definition) is 1. The summed E-state index contributed by atoms with van der Waals surface area (Å²) in [5, 5.41) is 0. The number of nitrogens with zero attached hydrogens (tertiary/aromatic N) is 1. The summed E-state index contributed by atoms with van der Waals surface area (Å²) in [6.07, 6.45) is 9.90. The van der Waals surface area contributed by atoms with Gasteiger partial charge in [-0.2, -0.15) is 0 Å². The van der Waals surface area contributed by atoms with Gasteiger partial charge in [-0.25, -0.2) is 4.57 Å². The van der Waals surface area contributed by atoms with Crippen LogP contribution in [0.2, 0.25) is 0 Å². The summed E-state index contributed by atoms with van der Waals surface area (Å²) in [4.78, 5) is 3.05. The zero-order valence-electron chi connectivity index (χ0n) is 9.01. The van der Waals surface area contributed by atoms with E-state index in [2.05, 4.69) is 36.5 Å². The van der Waals surface area contributed by atoms with Crippen molar-refractivity contribution in [1.82, 2.24) is 4.98 Å². The van der Waals surface area contributed by atoms with Crippen LogP contribution in [0.3, 0.4) is 0 Å². The van der Waals surface area contributed by atoms with Gasteiger partial charge in [0.05, 0.1) is 6.54 Å². The largest absolute Gasteiger partial charge is 0.250 e. The zero-order chi connectivity index (χ0) is 9.73. The summed E-state index contributed by atoms with van der Waals surface area (Å²) in [6.45, 7) is 8.08. The maximum atomic E-state index is 3.05. The smallest absolute Gasteiger partial charge is 0.241 e. The molecule has 0 fully saturated rings. The van der Waals surface area contributed by atoms with Crippen LogP contribution >= 0.6 is 0 Å². The number of H-pyrrole nitrogens is 1. The van der Waals surface area contributed by atoms with E-state index >= 15 is 0 Å². The molecule has 1 rings (SSSR count). The molecule has 2 nitrogen and oxygen atoms in total. The van der Waals surface area contributed by atoms with Gasteiger partial charge < -0.3 is 0 Å². The minimum atomic E-state index is 0.511. The van der Waals surface area contributed by atoms with E-state index in [0.29, 0.717) is 5.41 Å². The molecule has 74 valence electrons. The van der Waals surface area contributed by atoms with Crippen LogP contribution in [0, 0.1) is 5.41 Å². The van der Waals surface area contributed by atoms with Crippen LogP contribution < -0.4 is 4.57 Å². The second-order valence-electron chi connectivity index (χ2n) is 4.47. The van der Waals surface area contributed by atoms with E-state index in [4.69, 9.17) is 0 Å². The SMILES string of the molecule is CCC(C)(C)CCC[n+]1cc[nH]c1. The summed E-state index contributed by atoms with van der Waals surface area (Å²) >= 11 is 0. The molecule has 1 heterocycles. The van der Waals surface area contributed by atoms with Gasteiger partial charge in [0.2, 0.25) is 6.33 Å². The molecule has 0 atom stereocenters. The fourth-order valence-corrected chi connectivity index (χ4v) is 1.38. The molecule has 0 aliphatic rings. The molecule has 13 heavy (non-hydrogen) atoms. The van der Waals surface area contributed by atoms with Gasteiger partial charge in [0, 0.05) is 0 Å². The first-order chi connectivity index (χ1) is 6.14. The van der Waals surface area contributed by atoms with E-state index in [1.807, 2.05) is 12.5 Å². The summed E-state index contributed by atoms with van der Waals surface area (Å²) in [7, 11) is 0. The normalized spacial score (nSPS) is 11.9. The van der Waals surface area contributed by atoms with E-state index in [1.54, 1.807) is 0 Å². The Bertz CT molecular complexity index is 224. The van der Waals surface area contributed by atoms with Crippen LogP contribution in [0.4, 0.5) is 0 Å². The van der Waals surface area contributed by atoms with Gasteiger partial charge >= 0.3 is 0 Å². The molecule has 0 unspecified atom stereocenters. The Labute approximate surface area is 81.0 Å². The zero-order valence-corrected chi connectivity index (χ0v) is 9.01. The third kappa shape index (κ3) is 3.62. The Balaban J connectivity index is 2.21. The molecule has 0 bridgehead atoms. The molecule has 2 heteroatoms. The van der Waals surface area contributed by atoms with Crippen molar-refractivity contribution in [2.75, 3.05) is 0 Å². The molecular weight excluding hydrogens is 160 g/mol. The van der Waals surface area contributed by atoms with Crippen LogP contribution in [-0.4, -0.2) is 4.98 Å². The first kappa shape index (κ1) is 10.3. The van der Waals surface area contributed by atoms with E-state index < -0.39 is 0 Å². The van der Waals surface area contributed by atoms with Gasteiger partial charge in [0.25, 0.3) is 0 Å². The number of aromatic nitrogens is 2. The van der Waals surface area contributed by atoms with Crippen LogP contribution in [0.25, 0.3) is 0 Å². The summed E-state index contributed by atoms with van der Waals surface area (Å²) in [5.74, 6) is 0. The number of aryl methyl sites for hydroxylation is 1. The highest BCUT2D eigenvalue weighted by atomic mass is 15.0. The Morgan fingerprint density at radius 3 is 2.69 bits per heavy atom. The first-order valence-electron chi connectivity index (χ1n) is 5.16. The molecule has 0 aliphatic carbocycles. The van der Waals surface area contributed by atoms with E-state index in [0.717, 1.165) is 6.54 Å². The van der Waals surface area contributed by atoms with Crippen molar-refractivity contribution >= 4 is 0 Å². The van der Waals surface area contributed by atoms with Gasteiger partial charge in [-0.1, -0.05) is 27.2 Å². The quantitative estimate of drug-likeness (QED) is 0.673. The van der Waals surface area contributed by atoms with Crippen LogP contribution in [-0.2, 0) is 6.54 Å². The maximum absolute atomic E-state index is 3.05. The van der Waals surface area contributed by atoms with Crippen molar-refractivity contribution in [3.63, 3.8) is 0 Å². The average Bonchev–Trinajstić information content (AvgIpc) is 2.57. The summed E-state index contributed by atoms with van der Waals surface area (Å²) in [5.41, 5.74) is 0.511. The minimum absolute atomic E-state index is 0.511. The molecule has 0 spiro atoms. The second-order valence-corrected chi connectivity index (χ2v) is 4.47. The van der Waals surface area contributed by atoms with Crippen molar-refractivity contribution in [3.8, 4) is 0 Å². The number of aromatic amines is 1. The summed E-state index contributed by atoms with van der Waals surface area (Å²) < 4.78 is 2.20. The topological polar surface area (TPSA) is 19.7 Å². The molecule has 0 saturated carbocycles. The molecule has 0 amide bonds. The first-order valence-corrected chi connectivity index (χ1v) is 5.16. The van der Waals surface area contributed by atoms with E-state index in [9.17, 15) is 0 Å². The van der Waals surface area contributed by atoms with Gasteiger partial charge in [-0.15, -0.1) is 0 Å². The third-order valence-electron chi connectivity index (χ3n) is 2.83. The highest BCUT2D eigenvalue weighted by molar-refractivity contribution is 4.65. The third-order valence-corrected chi connectivity index (χ3v) is 2.83. The number of hydrogen-bond acceptors (Lipinski definition) is 0. The minimum Gasteiger partial charge on any atom is -0.250 e. The lowest BCUT2D eigenvalue weighted by atomic mass is 9.85. The molecule has 1 aromatic rings. The number of rotatable bonds is 5. The lowest BCUT2D eigenvalue weighted by Crippen LogP contribution is -2.31. The Hall–Kier alpha value is -0.790. The lowest BCUT2D eigenvalue weighted by Gasteiger charge is -2.21. The molecule has 1 aromatic heterocycles. The average molecular weight is 181 g/mol. The predicted octanol–water partition coefficient (Wildman–Crippen LogP) is 2.52. The monoisotopic (exact) mass is 181 g/mol. The van der Waals surface area contributed by atoms with Crippen LogP contribution in [0.1, 0.15) is 40.0 Å². The van der Waals surface area contributed by atoms with Crippen LogP contribution in [0.5, 0.6) is 0 Å². The Kier molecular flexibility index (Phi) is 3.52. The fourth-order valence-electron chi connectivity index (χ4n) is 1.38. The Morgan fingerprint density at radius 2 is 2.15 bits per heavy atom. The van der Waals surface area contributed by atoms with Crippen molar-refractivity contribution in [2.45, 2.75) is 46.6 Å². The highest BCUT2D eigenvalue weighted by Gasteiger charge is 2.14. The molecule has 0 radical (unpaired) electrons. The standard InChI is InChI=1S/C11H20N2/c1-4-11(2,3)6-5-8-13-9-7-12-10-13/h7,9-10H,4-6,8H2,1-3H3/p+1. The summed E-state index contributed by atoms with van der Waals surface area (Å²) in [6, 6.07) is 0. The van der Waals surface area contributed by atoms with Crippen molar-refractivity contribution in [3.05, 3.63) is 18.7 Å². The van der Waals surface area contributed by atoms with Gasteiger partial charge in [-0.3, -0.25) is 4.98 Å². The molecule has 1 N–H and O–H groups in total. The van der Waals surface area contributed by atoms with Gasteiger partial charge in [-0.05, 0) is 18.3 Å². The molecule has 0 aliphatic heterocycles. The van der Waals surface area contributed by atoms with Crippen LogP contribution in [0.15, 0.2) is 18.7 Å². The second kappa shape index (κ2) is 4.45. The number of imidazole rings is 1. The molecule has 0 saturated heterocycles. The predicted molar refractivity (Wildman–Crippen MR) is 54.3 cm³/mol. The van der Waals surface area contributed by atoms with Crippen molar-refractivity contribution in [1.29, 1.82) is 0 Å².